The number of hydrogen-bond acceptors (Lipinski definition) is 5. The molecule has 8 nitrogen and oxygen atoms in total. The van der Waals surface area contributed by atoms with Gasteiger partial charge in [-0.05, 0) is 42.0 Å². The summed E-state index contributed by atoms with van der Waals surface area (Å²) < 4.78 is 5.13. The maximum Gasteiger partial charge on any atom is 0.340 e. The van der Waals surface area contributed by atoms with E-state index in [-0.39, 0.29) is 23.8 Å². The van der Waals surface area contributed by atoms with Crippen LogP contribution in [-0.2, 0) is 20.7 Å². The molecule has 0 saturated carbocycles. The summed E-state index contributed by atoms with van der Waals surface area (Å²) >= 11 is 0. The summed E-state index contributed by atoms with van der Waals surface area (Å²) in [6.07, 6.45) is 0.158. The first kappa shape index (κ1) is 24.2. The normalized spacial score (nSPS) is 10.2. The van der Waals surface area contributed by atoms with Crippen LogP contribution in [0.5, 0.6) is 0 Å². The predicted octanol–water partition coefficient (Wildman–Crippen LogP) is 3.37. The molecule has 0 aromatic heterocycles. The average Bonchev–Trinajstić information content (AvgIpc) is 2.83. The van der Waals surface area contributed by atoms with Crippen LogP contribution in [0.4, 0.5) is 11.4 Å². The third kappa shape index (κ3) is 6.77. The van der Waals surface area contributed by atoms with Gasteiger partial charge in [0.05, 0.1) is 17.7 Å². The fourth-order valence-electron chi connectivity index (χ4n) is 3.11. The van der Waals surface area contributed by atoms with Crippen LogP contribution in [0.25, 0.3) is 0 Å². The van der Waals surface area contributed by atoms with Gasteiger partial charge in [0, 0.05) is 25.3 Å². The first-order valence-corrected chi connectivity index (χ1v) is 10.5. The maximum absolute atomic E-state index is 12.5. The molecule has 0 aliphatic carbocycles. The minimum atomic E-state index is -0.738. The van der Waals surface area contributed by atoms with E-state index in [0.29, 0.717) is 16.9 Å². The molecule has 174 valence electrons. The quantitative estimate of drug-likeness (QED) is 0.503. The minimum absolute atomic E-state index is 0.142. The number of nitrogens with zero attached hydrogens (tertiary/aromatic N) is 1. The average molecular weight is 460 g/mol. The highest BCUT2D eigenvalue weighted by Gasteiger charge is 2.16. The molecule has 0 fully saturated rings. The van der Waals surface area contributed by atoms with Crippen molar-refractivity contribution in [3.8, 4) is 0 Å². The third-order valence-corrected chi connectivity index (χ3v) is 4.78. The Bertz CT molecular complexity index is 1170. The number of carbonyl (C=O) groups is 4. The number of carbonyl (C=O) groups excluding carboxylic acids is 4. The lowest BCUT2D eigenvalue weighted by Gasteiger charge is -2.12. The highest BCUT2D eigenvalue weighted by molar-refractivity contribution is 6.03. The van der Waals surface area contributed by atoms with Crippen LogP contribution >= 0.6 is 0 Å². The molecule has 0 radical (unpaired) electrons. The summed E-state index contributed by atoms with van der Waals surface area (Å²) in [5.41, 5.74) is 2.24. The van der Waals surface area contributed by atoms with E-state index >= 15 is 0 Å². The molecular formula is C26H25N3O5. The van der Waals surface area contributed by atoms with Gasteiger partial charge in [0.2, 0.25) is 5.91 Å². The van der Waals surface area contributed by atoms with Crippen LogP contribution in [0.1, 0.15) is 26.3 Å². The van der Waals surface area contributed by atoms with Crippen LogP contribution in [0.15, 0.2) is 78.9 Å². The second-order valence-corrected chi connectivity index (χ2v) is 7.66. The summed E-state index contributed by atoms with van der Waals surface area (Å²) in [4.78, 5) is 50.5. The number of para-hydroxylation sites is 1. The molecule has 2 N–H and O–H groups in total. The first-order chi connectivity index (χ1) is 16.3. The molecule has 0 unspecified atom stereocenters. The number of hydrogen-bond donors (Lipinski definition) is 2. The molecule has 0 aliphatic heterocycles. The van der Waals surface area contributed by atoms with Crippen molar-refractivity contribution >= 4 is 35.1 Å². The van der Waals surface area contributed by atoms with Gasteiger partial charge in [-0.25, -0.2) is 4.79 Å². The standard InChI is InChI=1S/C26H25N3O5/c1-29(2)25(32)19-12-14-20(15-13-19)27-24(31)17-34-26(33)21-10-6-7-11-22(21)28-23(30)16-18-8-4-3-5-9-18/h3-15H,16-17H2,1-2H3,(H,27,31)(H,28,30). The maximum atomic E-state index is 12.5. The summed E-state index contributed by atoms with van der Waals surface area (Å²) in [7, 11) is 3.30. The van der Waals surface area contributed by atoms with Gasteiger partial charge in [-0.3, -0.25) is 14.4 Å². The summed E-state index contributed by atoms with van der Waals surface area (Å²) in [5, 5.41) is 5.33. The Morgan fingerprint density at radius 1 is 0.765 bits per heavy atom. The zero-order valence-corrected chi connectivity index (χ0v) is 18.9. The lowest BCUT2D eigenvalue weighted by Crippen LogP contribution is -2.23. The third-order valence-electron chi connectivity index (χ3n) is 4.78. The van der Waals surface area contributed by atoms with Gasteiger partial charge in [0.1, 0.15) is 0 Å². The minimum Gasteiger partial charge on any atom is -0.452 e. The Balaban J connectivity index is 1.55. The zero-order chi connectivity index (χ0) is 24.5. The summed E-state index contributed by atoms with van der Waals surface area (Å²) in [6.45, 7) is -0.510. The molecule has 0 saturated heterocycles. The van der Waals surface area contributed by atoms with E-state index in [4.69, 9.17) is 4.74 Å². The Hall–Kier alpha value is -4.46. The first-order valence-electron chi connectivity index (χ1n) is 10.5. The molecule has 8 heteroatoms. The molecule has 3 aromatic rings. The van der Waals surface area contributed by atoms with Crippen molar-refractivity contribution in [3.63, 3.8) is 0 Å². The van der Waals surface area contributed by atoms with E-state index in [2.05, 4.69) is 10.6 Å². The Morgan fingerprint density at radius 3 is 2.09 bits per heavy atom. The van der Waals surface area contributed by atoms with Crippen LogP contribution in [0.2, 0.25) is 0 Å². The molecule has 0 atom stereocenters. The number of esters is 1. The summed E-state index contributed by atoms with van der Waals surface area (Å²) in [5.74, 6) is -1.70. The van der Waals surface area contributed by atoms with Crippen LogP contribution in [0.3, 0.4) is 0 Å². The van der Waals surface area contributed by atoms with Crippen LogP contribution in [-0.4, -0.2) is 49.3 Å². The Morgan fingerprint density at radius 2 is 1.41 bits per heavy atom. The van der Waals surface area contributed by atoms with Crippen LogP contribution in [0, 0.1) is 0 Å². The molecule has 0 heterocycles. The molecule has 3 rings (SSSR count). The Labute approximate surface area is 197 Å². The number of ether oxygens (including phenoxy) is 1. The van der Waals surface area contributed by atoms with E-state index in [1.165, 1.54) is 11.0 Å². The smallest absolute Gasteiger partial charge is 0.340 e. The van der Waals surface area contributed by atoms with Crippen molar-refractivity contribution in [2.24, 2.45) is 0 Å². The van der Waals surface area contributed by atoms with Crippen molar-refractivity contribution < 1.29 is 23.9 Å². The number of anilines is 2. The van der Waals surface area contributed by atoms with Gasteiger partial charge in [0.25, 0.3) is 11.8 Å². The van der Waals surface area contributed by atoms with E-state index < -0.39 is 18.5 Å². The van der Waals surface area contributed by atoms with Gasteiger partial charge in [-0.2, -0.15) is 0 Å². The van der Waals surface area contributed by atoms with Gasteiger partial charge in [0.15, 0.2) is 6.61 Å². The van der Waals surface area contributed by atoms with E-state index in [1.54, 1.807) is 56.6 Å². The molecule has 3 amide bonds. The molecule has 0 bridgehead atoms. The lowest BCUT2D eigenvalue weighted by atomic mass is 10.1. The topological polar surface area (TPSA) is 105 Å². The largest absolute Gasteiger partial charge is 0.452 e. The Kier molecular flexibility index (Phi) is 8.12. The highest BCUT2D eigenvalue weighted by atomic mass is 16.5. The van der Waals surface area contributed by atoms with Crippen LogP contribution < -0.4 is 10.6 Å². The van der Waals surface area contributed by atoms with E-state index in [9.17, 15) is 19.2 Å². The number of rotatable bonds is 8. The van der Waals surface area contributed by atoms with Crippen molar-refractivity contribution in [2.75, 3.05) is 31.3 Å². The van der Waals surface area contributed by atoms with Crippen molar-refractivity contribution in [2.45, 2.75) is 6.42 Å². The van der Waals surface area contributed by atoms with Gasteiger partial charge >= 0.3 is 5.97 Å². The fourth-order valence-corrected chi connectivity index (χ4v) is 3.11. The van der Waals surface area contributed by atoms with Crippen molar-refractivity contribution in [1.82, 2.24) is 4.90 Å². The zero-order valence-electron chi connectivity index (χ0n) is 18.9. The van der Waals surface area contributed by atoms with E-state index in [1.807, 2.05) is 30.3 Å². The molecule has 3 aromatic carbocycles. The van der Waals surface area contributed by atoms with Crippen molar-refractivity contribution in [1.29, 1.82) is 0 Å². The molecular weight excluding hydrogens is 434 g/mol. The van der Waals surface area contributed by atoms with Gasteiger partial charge < -0.3 is 20.3 Å². The lowest BCUT2D eigenvalue weighted by molar-refractivity contribution is -0.119. The number of benzene rings is 3. The SMILES string of the molecule is CN(C)C(=O)c1ccc(NC(=O)COC(=O)c2ccccc2NC(=O)Cc2ccccc2)cc1. The van der Waals surface area contributed by atoms with Crippen molar-refractivity contribution in [3.05, 3.63) is 95.6 Å². The second kappa shape index (κ2) is 11.4. The summed E-state index contributed by atoms with van der Waals surface area (Å²) in [6, 6.07) is 22.0. The van der Waals surface area contributed by atoms with E-state index in [0.717, 1.165) is 5.56 Å². The number of amides is 3. The van der Waals surface area contributed by atoms with Gasteiger partial charge in [-0.1, -0.05) is 42.5 Å². The molecule has 34 heavy (non-hydrogen) atoms. The number of nitrogens with one attached hydrogen (secondary N) is 2. The monoisotopic (exact) mass is 459 g/mol. The van der Waals surface area contributed by atoms with Gasteiger partial charge in [-0.15, -0.1) is 0 Å². The highest BCUT2D eigenvalue weighted by Crippen LogP contribution is 2.17. The fraction of sp³-hybridized carbons (Fsp3) is 0.154. The molecule has 0 aliphatic rings. The second-order valence-electron chi connectivity index (χ2n) is 7.66. The predicted molar refractivity (Wildman–Crippen MR) is 129 cm³/mol. The molecule has 0 spiro atoms.